The van der Waals surface area contributed by atoms with E-state index in [-0.39, 0.29) is 12.6 Å². The minimum Gasteiger partial charge on any atom is -0.454 e. The zero-order valence-corrected chi connectivity index (χ0v) is 16.6. The maximum atomic E-state index is 12.7. The van der Waals surface area contributed by atoms with Crippen LogP contribution in [0.5, 0.6) is 11.5 Å². The highest BCUT2D eigenvalue weighted by Gasteiger charge is 2.16. The van der Waals surface area contributed by atoms with Crippen LogP contribution in [0.2, 0.25) is 0 Å². The molecule has 0 bridgehead atoms. The van der Waals surface area contributed by atoms with Crippen molar-refractivity contribution in [3.63, 3.8) is 0 Å². The van der Waals surface area contributed by atoms with Crippen LogP contribution in [-0.2, 0) is 6.54 Å². The standard InChI is InChI=1S/C25H19N3O3/c29-22(19-9-11-23-24(13-19)31-17-30-23)10-8-21-16-28(15-18-5-2-1-3-6-18)27-25(21)20-7-4-12-26-14-20/h1-14,16H,15,17H2. The summed E-state index contributed by atoms with van der Waals surface area (Å²) in [5.41, 5.74) is 4.20. The molecule has 0 aliphatic carbocycles. The smallest absolute Gasteiger partial charge is 0.231 e. The molecule has 3 heterocycles. The van der Waals surface area contributed by atoms with Crippen molar-refractivity contribution >= 4 is 11.9 Å². The van der Waals surface area contributed by atoms with Crippen molar-refractivity contribution in [2.45, 2.75) is 6.54 Å². The van der Waals surface area contributed by atoms with Crippen LogP contribution in [0, 0.1) is 0 Å². The van der Waals surface area contributed by atoms with Gasteiger partial charge in [-0.15, -0.1) is 0 Å². The summed E-state index contributed by atoms with van der Waals surface area (Å²) in [5, 5.41) is 4.75. The molecular weight excluding hydrogens is 390 g/mol. The number of carbonyl (C=O) groups excluding carboxylic acids is 1. The van der Waals surface area contributed by atoms with Crippen LogP contribution in [0.3, 0.4) is 0 Å². The number of hydrogen-bond acceptors (Lipinski definition) is 5. The SMILES string of the molecule is O=C(C=Cc1cn(Cc2ccccc2)nc1-c1cccnc1)c1ccc2c(c1)OCO2. The summed E-state index contributed by atoms with van der Waals surface area (Å²) in [7, 11) is 0. The van der Waals surface area contributed by atoms with Gasteiger partial charge >= 0.3 is 0 Å². The highest BCUT2D eigenvalue weighted by atomic mass is 16.7. The molecule has 4 aromatic rings. The molecule has 0 saturated heterocycles. The minimum absolute atomic E-state index is 0.119. The molecule has 0 spiro atoms. The summed E-state index contributed by atoms with van der Waals surface area (Å²) in [4.78, 5) is 16.9. The number of pyridine rings is 1. The first kappa shape index (κ1) is 18.8. The van der Waals surface area contributed by atoms with Crippen LogP contribution < -0.4 is 9.47 Å². The quantitative estimate of drug-likeness (QED) is 0.343. The van der Waals surface area contributed by atoms with Gasteiger partial charge in [0, 0.05) is 35.3 Å². The van der Waals surface area contributed by atoms with Crippen LogP contribution >= 0.6 is 0 Å². The van der Waals surface area contributed by atoms with Gasteiger partial charge in [0.25, 0.3) is 0 Å². The lowest BCUT2D eigenvalue weighted by atomic mass is 10.1. The van der Waals surface area contributed by atoms with Gasteiger partial charge < -0.3 is 9.47 Å². The third-order valence-electron chi connectivity index (χ3n) is 4.98. The highest BCUT2D eigenvalue weighted by Crippen LogP contribution is 2.32. The average Bonchev–Trinajstić information content (AvgIpc) is 3.45. The lowest BCUT2D eigenvalue weighted by Gasteiger charge is -2.01. The van der Waals surface area contributed by atoms with Gasteiger partial charge in [-0.2, -0.15) is 5.10 Å². The van der Waals surface area contributed by atoms with E-state index in [9.17, 15) is 4.79 Å². The van der Waals surface area contributed by atoms with Gasteiger partial charge in [-0.3, -0.25) is 14.5 Å². The number of rotatable bonds is 6. The molecule has 1 aliphatic rings. The number of fused-ring (bicyclic) bond motifs is 1. The maximum Gasteiger partial charge on any atom is 0.231 e. The molecular formula is C25H19N3O3. The largest absolute Gasteiger partial charge is 0.454 e. The fraction of sp³-hybridized carbons (Fsp3) is 0.0800. The van der Waals surface area contributed by atoms with E-state index in [4.69, 9.17) is 14.6 Å². The molecule has 0 N–H and O–H groups in total. The molecule has 5 rings (SSSR count). The van der Waals surface area contributed by atoms with E-state index in [0.29, 0.717) is 23.6 Å². The van der Waals surface area contributed by atoms with E-state index in [0.717, 1.165) is 22.4 Å². The lowest BCUT2D eigenvalue weighted by Crippen LogP contribution is -2.00. The Hall–Kier alpha value is -4.19. The molecule has 6 heteroatoms. The minimum atomic E-state index is -0.119. The second-order valence-corrected chi connectivity index (χ2v) is 7.12. The molecule has 0 atom stereocenters. The highest BCUT2D eigenvalue weighted by molar-refractivity contribution is 6.07. The maximum absolute atomic E-state index is 12.7. The van der Waals surface area contributed by atoms with Crippen molar-refractivity contribution in [3.05, 3.63) is 102 Å². The van der Waals surface area contributed by atoms with Crippen LogP contribution in [0.4, 0.5) is 0 Å². The lowest BCUT2D eigenvalue weighted by molar-refractivity contribution is 0.104. The molecule has 0 radical (unpaired) electrons. The van der Waals surface area contributed by atoms with Crippen molar-refractivity contribution in [2.75, 3.05) is 6.79 Å². The third-order valence-corrected chi connectivity index (χ3v) is 4.98. The van der Waals surface area contributed by atoms with E-state index in [2.05, 4.69) is 17.1 Å². The van der Waals surface area contributed by atoms with Crippen molar-refractivity contribution in [3.8, 4) is 22.8 Å². The Bertz CT molecular complexity index is 1250. The van der Waals surface area contributed by atoms with E-state index >= 15 is 0 Å². The Morgan fingerprint density at radius 3 is 2.74 bits per heavy atom. The summed E-state index contributed by atoms with van der Waals surface area (Å²) in [6.45, 7) is 0.815. The second-order valence-electron chi connectivity index (χ2n) is 7.12. The molecule has 31 heavy (non-hydrogen) atoms. The average molecular weight is 409 g/mol. The Morgan fingerprint density at radius 1 is 1.03 bits per heavy atom. The van der Waals surface area contributed by atoms with Crippen molar-refractivity contribution in [1.29, 1.82) is 0 Å². The molecule has 1 aliphatic heterocycles. The molecule has 0 fully saturated rings. The first-order chi connectivity index (χ1) is 15.3. The monoisotopic (exact) mass is 409 g/mol. The first-order valence-electron chi connectivity index (χ1n) is 9.90. The molecule has 6 nitrogen and oxygen atoms in total. The summed E-state index contributed by atoms with van der Waals surface area (Å²) >= 11 is 0. The zero-order valence-electron chi connectivity index (χ0n) is 16.6. The van der Waals surface area contributed by atoms with Gasteiger partial charge in [0.1, 0.15) is 5.69 Å². The van der Waals surface area contributed by atoms with Gasteiger partial charge in [0.15, 0.2) is 17.3 Å². The Kier molecular flexibility index (Phi) is 5.02. The van der Waals surface area contributed by atoms with Gasteiger partial charge in [-0.05, 0) is 48.0 Å². The summed E-state index contributed by atoms with van der Waals surface area (Å²) in [6.07, 6.45) is 8.79. The third kappa shape index (κ3) is 4.09. The topological polar surface area (TPSA) is 66.2 Å². The first-order valence-corrected chi connectivity index (χ1v) is 9.90. The number of benzene rings is 2. The summed E-state index contributed by atoms with van der Waals surface area (Å²) in [6, 6.07) is 19.1. The molecule has 0 unspecified atom stereocenters. The predicted octanol–water partition coefficient (Wildman–Crippen LogP) is 4.62. The number of hydrogen-bond donors (Lipinski definition) is 0. The van der Waals surface area contributed by atoms with E-state index in [1.807, 2.05) is 41.2 Å². The molecule has 152 valence electrons. The molecule has 2 aromatic heterocycles. The van der Waals surface area contributed by atoms with Gasteiger partial charge in [-0.25, -0.2) is 0 Å². The zero-order chi connectivity index (χ0) is 21.0. The number of ether oxygens (including phenoxy) is 2. The molecule has 0 saturated carbocycles. The molecule has 0 amide bonds. The van der Waals surface area contributed by atoms with Crippen molar-refractivity contribution in [2.24, 2.45) is 0 Å². The van der Waals surface area contributed by atoms with Crippen LogP contribution in [0.1, 0.15) is 21.5 Å². The van der Waals surface area contributed by atoms with E-state index in [1.54, 1.807) is 42.7 Å². The molecule has 2 aromatic carbocycles. The second kappa shape index (κ2) is 8.28. The van der Waals surface area contributed by atoms with Crippen LogP contribution in [0.15, 0.2) is 85.3 Å². The van der Waals surface area contributed by atoms with E-state index < -0.39 is 0 Å². The van der Waals surface area contributed by atoms with Crippen LogP contribution in [-0.4, -0.2) is 27.3 Å². The number of carbonyl (C=O) groups is 1. The van der Waals surface area contributed by atoms with Gasteiger partial charge in [-0.1, -0.05) is 30.3 Å². The Labute approximate surface area is 179 Å². The number of nitrogens with zero attached hydrogens (tertiary/aromatic N) is 3. The fourth-order valence-electron chi connectivity index (χ4n) is 3.45. The van der Waals surface area contributed by atoms with Crippen molar-refractivity contribution in [1.82, 2.24) is 14.8 Å². The van der Waals surface area contributed by atoms with Gasteiger partial charge in [0.2, 0.25) is 6.79 Å². The normalized spacial score (nSPS) is 12.4. The van der Waals surface area contributed by atoms with Crippen LogP contribution in [0.25, 0.3) is 17.3 Å². The number of ketones is 1. The van der Waals surface area contributed by atoms with Crippen molar-refractivity contribution < 1.29 is 14.3 Å². The number of aromatic nitrogens is 3. The fourth-order valence-corrected chi connectivity index (χ4v) is 3.45. The summed E-state index contributed by atoms with van der Waals surface area (Å²) < 4.78 is 12.6. The Morgan fingerprint density at radius 2 is 1.90 bits per heavy atom. The van der Waals surface area contributed by atoms with E-state index in [1.165, 1.54) is 0 Å². The van der Waals surface area contributed by atoms with Gasteiger partial charge in [0.05, 0.1) is 6.54 Å². The number of allylic oxidation sites excluding steroid dienone is 1. The summed E-state index contributed by atoms with van der Waals surface area (Å²) in [5.74, 6) is 1.12. The predicted molar refractivity (Wildman–Crippen MR) is 117 cm³/mol. The Balaban J connectivity index is 1.44.